The molecule has 1 heterocycles. The zero-order valence-corrected chi connectivity index (χ0v) is 17.9. The van der Waals surface area contributed by atoms with Crippen molar-refractivity contribution >= 4 is 35.0 Å². The molecular weight excluding hydrogens is 398 g/mol. The zero-order chi connectivity index (χ0) is 21.3. The largest absolute Gasteiger partial charge is 0.326 e. The predicted molar refractivity (Wildman–Crippen MR) is 120 cm³/mol. The lowest BCUT2D eigenvalue weighted by molar-refractivity contribution is -0.116. The molecule has 0 atom stereocenters. The van der Waals surface area contributed by atoms with Crippen molar-refractivity contribution in [1.29, 1.82) is 0 Å². The van der Waals surface area contributed by atoms with Crippen molar-refractivity contribution in [1.82, 2.24) is 14.8 Å². The maximum atomic E-state index is 12.3. The molecule has 7 nitrogen and oxygen atoms in total. The molecule has 30 heavy (non-hydrogen) atoms. The molecule has 3 rings (SSSR count). The summed E-state index contributed by atoms with van der Waals surface area (Å²) in [4.78, 5) is 24.6. The molecule has 0 saturated carbocycles. The highest BCUT2D eigenvalue weighted by Crippen LogP contribution is 2.19. The summed E-state index contributed by atoms with van der Waals surface area (Å²) in [6, 6.07) is 17.1. The number of nitrogens with zero attached hydrogens (tertiary/aromatic N) is 3. The Labute approximate surface area is 180 Å². The molecule has 2 amide bonds. The van der Waals surface area contributed by atoms with Crippen LogP contribution < -0.4 is 10.6 Å². The number of hydrogen-bond acceptors (Lipinski definition) is 5. The van der Waals surface area contributed by atoms with Crippen LogP contribution in [0.2, 0.25) is 0 Å². The molecule has 0 aliphatic heterocycles. The zero-order valence-electron chi connectivity index (χ0n) is 17.1. The molecule has 0 unspecified atom stereocenters. The Morgan fingerprint density at radius 3 is 2.23 bits per heavy atom. The second-order valence-corrected chi connectivity index (χ2v) is 7.56. The van der Waals surface area contributed by atoms with Crippen molar-refractivity contribution in [3.8, 4) is 0 Å². The SMILES string of the molecule is CCc1ccc(NC(=O)CSc2nnc(CC(=O)Nc3ccccc3)n2CC)cc1. The van der Waals surface area contributed by atoms with Gasteiger partial charge < -0.3 is 15.2 Å². The summed E-state index contributed by atoms with van der Waals surface area (Å²) in [6.45, 7) is 4.67. The van der Waals surface area contributed by atoms with Crippen molar-refractivity contribution in [2.24, 2.45) is 0 Å². The molecule has 8 heteroatoms. The van der Waals surface area contributed by atoms with Crippen LogP contribution >= 0.6 is 11.8 Å². The molecule has 0 aliphatic rings. The number of aryl methyl sites for hydroxylation is 1. The average molecular weight is 424 g/mol. The van der Waals surface area contributed by atoms with E-state index in [2.05, 4.69) is 27.8 Å². The lowest BCUT2D eigenvalue weighted by Crippen LogP contribution is -2.18. The van der Waals surface area contributed by atoms with Crippen LogP contribution in [-0.4, -0.2) is 32.3 Å². The van der Waals surface area contributed by atoms with Crippen LogP contribution in [0.25, 0.3) is 0 Å². The maximum Gasteiger partial charge on any atom is 0.234 e. The summed E-state index contributed by atoms with van der Waals surface area (Å²) in [6.07, 6.45) is 1.08. The number of nitrogens with one attached hydrogen (secondary N) is 2. The Hall–Kier alpha value is -3.13. The molecule has 0 fully saturated rings. The molecule has 0 aliphatic carbocycles. The van der Waals surface area contributed by atoms with Gasteiger partial charge in [-0.25, -0.2) is 0 Å². The minimum atomic E-state index is -0.159. The Bertz CT molecular complexity index is 987. The number of hydrogen-bond donors (Lipinski definition) is 2. The first-order valence-electron chi connectivity index (χ1n) is 9.87. The normalized spacial score (nSPS) is 10.6. The Kier molecular flexibility index (Phi) is 7.62. The van der Waals surface area contributed by atoms with E-state index in [1.165, 1.54) is 17.3 Å². The van der Waals surface area contributed by atoms with Crippen LogP contribution in [0.1, 0.15) is 25.2 Å². The fourth-order valence-electron chi connectivity index (χ4n) is 2.90. The van der Waals surface area contributed by atoms with E-state index in [4.69, 9.17) is 0 Å². The number of aromatic nitrogens is 3. The molecule has 2 N–H and O–H groups in total. The number of carbonyl (C=O) groups is 2. The second kappa shape index (κ2) is 10.6. The van der Waals surface area contributed by atoms with Gasteiger partial charge in [-0.2, -0.15) is 0 Å². The van der Waals surface area contributed by atoms with Gasteiger partial charge in [-0.05, 0) is 43.2 Å². The van der Waals surface area contributed by atoms with Crippen LogP contribution in [-0.2, 0) is 29.0 Å². The standard InChI is InChI=1S/C22H25N5O2S/c1-3-16-10-12-18(13-11-16)24-21(29)15-30-22-26-25-19(27(22)4-2)14-20(28)23-17-8-6-5-7-9-17/h5-13H,3-4,14-15H2,1-2H3,(H,23,28)(H,24,29). The van der Waals surface area contributed by atoms with Gasteiger partial charge in [-0.3, -0.25) is 9.59 Å². The van der Waals surface area contributed by atoms with Crippen LogP contribution in [0, 0.1) is 0 Å². The quantitative estimate of drug-likeness (QED) is 0.512. The van der Waals surface area contributed by atoms with Gasteiger partial charge in [0, 0.05) is 17.9 Å². The van der Waals surface area contributed by atoms with E-state index < -0.39 is 0 Å². The third kappa shape index (κ3) is 5.93. The number of amides is 2. The first-order chi connectivity index (χ1) is 14.6. The van der Waals surface area contributed by atoms with Crippen LogP contribution in [0.5, 0.6) is 0 Å². The van der Waals surface area contributed by atoms with Gasteiger partial charge in [0.2, 0.25) is 11.8 Å². The molecule has 156 valence electrons. The average Bonchev–Trinajstić information content (AvgIpc) is 3.14. The van der Waals surface area contributed by atoms with E-state index in [0.29, 0.717) is 17.5 Å². The van der Waals surface area contributed by atoms with E-state index in [9.17, 15) is 9.59 Å². The fourth-order valence-corrected chi connectivity index (χ4v) is 3.72. The van der Waals surface area contributed by atoms with Crippen molar-refractivity contribution < 1.29 is 9.59 Å². The number of para-hydroxylation sites is 1. The topological polar surface area (TPSA) is 88.9 Å². The summed E-state index contributed by atoms with van der Waals surface area (Å²) in [7, 11) is 0. The predicted octanol–water partition coefficient (Wildman–Crippen LogP) is 3.77. The summed E-state index contributed by atoms with van der Waals surface area (Å²) < 4.78 is 1.86. The summed E-state index contributed by atoms with van der Waals surface area (Å²) in [5.74, 6) is 0.513. The molecular formula is C22H25N5O2S. The number of rotatable bonds is 9. The Balaban J connectivity index is 1.55. The highest BCUT2D eigenvalue weighted by atomic mass is 32.2. The first-order valence-corrected chi connectivity index (χ1v) is 10.9. The third-order valence-electron chi connectivity index (χ3n) is 4.46. The van der Waals surface area contributed by atoms with Crippen LogP contribution in [0.15, 0.2) is 59.8 Å². The number of benzene rings is 2. The van der Waals surface area contributed by atoms with Gasteiger partial charge in [0.05, 0.1) is 12.2 Å². The highest BCUT2D eigenvalue weighted by molar-refractivity contribution is 7.99. The van der Waals surface area contributed by atoms with Gasteiger partial charge in [0.25, 0.3) is 0 Å². The van der Waals surface area contributed by atoms with Crippen LogP contribution in [0.3, 0.4) is 0 Å². The lowest BCUT2D eigenvalue weighted by atomic mass is 10.1. The van der Waals surface area contributed by atoms with E-state index >= 15 is 0 Å². The van der Waals surface area contributed by atoms with E-state index in [-0.39, 0.29) is 24.0 Å². The lowest BCUT2D eigenvalue weighted by Gasteiger charge is -2.08. The maximum absolute atomic E-state index is 12.3. The number of thioether (sulfide) groups is 1. The highest BCUT2D eigenvalue weighted by Gasteiger charge is 2.16. The molecule has 0 radical (unpaired) electrons. The second-order valence-electron chi connectivity index (χ2n) is 6.62. The van der Waals surface area contributed by atoms with Crippen molar-refractivity contribution in [2.75, 3.05) is 16.4 Å². The Morgan fingerprint density at radius 1 is 0.900 bits per heavy atom. The van der Waals surface area contributed by atoms with Crippen molar-refractivity contribution in [3.63, 3.8) is 0 Å². The van der Waals surface area contributed by atoms with E-state index in [1.54, 1.807) is 0 Å². The minimum absolute atomic E-state index is 0.113. The monoisotopic (exact) mass is 423 g/mol. The summed E-state index contributed by atoms with van der Waals surface area (Å²) >= 11 is 1.30. The minimum Gasteiger partial charge on any atom is -0.326 e. The molecule has 0 bridgehead atoms. The van der Waals surface area contributed by atoms with Crippen LogP contribution in [0.4, 0.5) is 11.4 Å². The van der Waals surface area contributed by atoms with Gasteiger partial charge in [0.15, 0.2) is 5.16 Å². The number of anilines is 2. The molecule has 0 spiro atoms. The van der Waals surface area contributed by atoms with Gasteiger partial charge in [-0.15, -0.1) is 10.2 Å². The molecule has 3 aromatic rings. The fraction of sp³-hybridized carbons (Fsp3) is 0.273. The van der Waals surface area contributed by atoms with E-state index in [1.807, 2.05) is 66.1 Å². The van der Waals surface area contributed by atoms with Gasteiger partial charge in [-0.1, -0.05) is 49.0 Å². The van der Waals surface area contributed by atoms with Gasteiger partial charge in [0.1, 0.15) is 5.82 Å². The smallest absolute Gasteiger partial charge is 0.234 e. The summed E-state index contributed by atoms with van der Waals surface area (Å²) in [5.41, 5.74) is 2.73. The van der Waals surface area contributed by atoms with Crippen molar-refractivity contribution in [2.45, 2.75) is 38.4 Å². The number of carbonyl (C=O) groups excluding carboxylic acids is 2. The first kappa shape index (κ1) is 21.6. The van der Waals surface area contributed by atoms with Gasteiger partial charge >= 0.3 is 0 Å². The Morgan fingerprint density at radius 2 is 1.57 bits per heavy atom. The molecule has 0 saturated heterocycles. The third-order valence-corrected chi connectivity index (χ3v) is 5.43. The van der Waals surface area contributed by atoms with Crippen molar-refractivity contribution in [3.05, 3.63) is 66.0 Å². The van der Waals surface area contributed by atoms with E-state index in [0.717, 1.165) is 17.8 Å². The molecule has 2 aromatic carbocycles. The molecule has 1 aromatic heterocycles. The summed E-state index contributed by atoms with van der Waals surface area (Å²) in [5, 5.41) is 14.7.